The van der Waals surface area contributed by atoms with Crippen molar-refractivity contribution in [1.82, 2.24) is 4.31 Å². The highest BCUT2D eigenvalue weighted by atomic mass is 32.2. The van der Waals surface area contributed by atoms with Crippen molar-refractivity contribution < 1.29 is 17.9 Å². The normalized spacial score (nSPS) is 13.5. The Bertz CT molecular complexity index is 679. The molecule has 6 heteroatoms. The summed E-state index contributed by atoms with van der Waals surface area (Å²) in [4.78, 5) is 0.168. The largest absolute Gasteiger partial charge is 0.468 e. The third kappa shape index (κ3) is 3.53. The van der Waals surface area contributed by atoms with Crippen LogP contribution in [0.2, 0.25) is 0 Å². The van der Waals surface area contributed by atoms with E-state index in [1.54, 1.807) is 24.3 Å². The van der Waals surface area contributed by atoms with Gasteiger partial charge in [-0.25, -0.2) is 8.42 Å². The molecule has 21 heavy (non-hydrogen) atoms. The molecule has 0 fully saturated rings. The van der Waals surface area contributed by atoms with Crippen LogP contribution in [0.5, 0.6) is 0 Å². The Labute approximate surface area is 124 Å². The lowest BCUT2D eigenvalue weighted by atomic mass is 10.1. The van der Waals surface area contributed by atoms with E-state index >= 15 is 0 Å². The summed E-state index contributed by atoms with van der Waals surface area (Å²) in [7, 11) is -2.12. The molecule has 2 rings (SSSR count). The maximum atomic E-state index is 12.5. The van der Waals surface area contributed by atoms with Crippen LogP contribution in [0.25, 0.3) is 0 Å². The first-order valence-electron chi connectivity index (χ1n) is 6.72. The Balaban J connectivity index is 2.26. The third-order valence-electron chi connectivity index (χ3n) is 3.30. The lowest BCUT2D eigenvalue weighted by Gasteiger charge is -2.17. The van der Waals surface area contributed by atoms with Crippen LogP contribution in [-0.2, 0) is 16.6 Å². The number of hydrogen-bond acceptors (Lipinski definition) is 4. The van der Waals surface area contributed by atoms with Crippen molar-refractivity contribution in [2.45, 2.75) is 30.9 Å². The second-order valence-electron chi connectivity index (χ2n) is 4.84. The van der Waals surface area contributed by atoms with Crippen molar-refractivity contribution in [3.05, 3.63) is 54.0 Å². The Hall–Kier alpha value is -1.63. The van der Waals surface area contributed by atoms with E-state index in [1.165, 1.54) is 29.7 Å². The lowest BCUT2D eigenvalue weighted by molar-refractivity contribution is 0.173. The van der Waals surface area contributed by atoms with Crippen molar-refractivity contribution in [1.29, 1.82) is 0 Å². The van der Waals surface area contributed by atoms with Crippen LogP contribution < -0.4 is 0 Å². The van der Waals surface area contributed by atoms with Gasteiger partial charge in [-0.2, -0.15) is 4.31 Å². The van der Waals surface area contributed by atoms with Crippen molar-refractivity contribution in [2.24, 2.45) is 0 Å². The van der Waals surface area contributed by atoms with Crippen LogP contribution in [0, 0.1) is 0 Å². The van der Waals surface area contributed by atoms with E-state index in [-0.39, 0.29) is 11.4 Å². The number of hydrogen-bond donors (Lipinski definition) is 1. The SMILES string of the molecule is CCC(O)c1cccc(S(=O)(=O)N(C)Cc2ccco2)c1. The highest BCUT2D eigenvalue weighted by Gasteiger charge is 2.22. The molecule has 0 aliphatic heterocycles. The Morgan fingerprint density at radius 3 is 2.67 bits per heavy atom. The molecule has 0 aliphatic carbocycles. The maximum Gasteiger partial charge on any atom is 0.243 e. The molecule has 0 bridgehead atoms. The molecule has 1 N–H and O–H groups in total. The molecule has 1 atom stereocenters. The molecule has 1 aromatic heterocycles. The Morgan fingerprint density at radius 1 is 1.29 bits per heavy atom. The zero-order valence-electron chi connectivity index (χ0n) is 12.1. The van der Waals surface area contributed by atoms with Gasteiger partial charge in [0.1, 0.15) is 5.76 Å². The standard InChI is InChI=1S/C15H19NO4S/c1-3-15(17)12-6-4-8-14(10-12)21(18,19)16(2)11-13-7-5-9-20-13/h4-10,15,17H,3,11H2,1-2H3. The minimum Gasteiger partial charge on any atom is -0.468 e. The van der Waals surface area contributed by atoms with Gasteiger partial charge in [-0.3, -0.25) is 0 Å². The van der Waals surface area contributed by atoms with E-state index in [2.05, 4.69) is 0 Å². The zero-order chi connectivity index (χ0) is 15.5. The van der Waals surface area contributed by atoms with Crippen molar-refractivity contribution in [3.8, 4) is 0 Å². The van der Waals surface area contributed by atoms with Crippen molar-refractivity contribution in [2.75, 3.05) is 7.05 Å². The molecular formula is C15H19NO4S. The molecule has 1 unspecified atom stereocenters. The van der Waals surface area contributed by atoms with E-state index in [0.717, 1.165) is 0 Å². The second-order valence-corrected chi connectivity index (χ2v) is 6.88. The molecule has 5 nitrogen and oxygen atoms in total. The summed E-state index contributed by atoms with van der Waals surface area (Å²) in [5, 5.41) is 9.84. The summed E-state index contributed by atoms with van der Waals surface area (Å²) in [6, 6.07) is 9.85. The van der Waals surface area contributed by atoms with Crippen LogP contribution in [0.1, 0.15) is 30.8 Å². The fourth-order valence-electron chi connectivity index (χ4n) is 2.00. The van der Waals surface area contributed by atoms with Gasteiger partial charge in [0.2, 0.25) is 10.0 Å². The van der Waals surface area contributed by atoms with Crippen molar-refractivity contribution >= 4 is 10.0 Å². The van der Waals surface area contributed by atoms with Gasteiger partial charge in [-0.15, -0.1) is 0 Å². The first-order chi connectivity index (χ1) is 9.95. The molecule has 0 spiro atoms. The van der Waals surface area contributed by atoms with Gasteiger partial charge in [0.15, 0.2) is 0 Å². The fourth-order valence-corrected chi connectivity index (χ4v) is 3.20. The second kappa shape index (κ2) is 6.43. The summed E-state index contributed by atoms with van der Waals surface area (Å²) in [5.74, 6) is 0.575. The van der Waals surface area contributed by atoms with E-state index < -0.39 is 16.1 Å². The van der Waals surface area contributed by atoms with Crippen LogP contribution in [-0.4, -0.2) is 24.9 Å². The number of benzene rings is 1. The average Bonchev–Trinajstić information content (AvgIpc) is 2.99. The van der Waals surface area contributed by atoms with Gasteiger partial charge in [0, 0.05) is 7.05 Å². The smallest absolute Gasteiger partial charge is 0.243 e. The molecule has 0 amide bonds. The van der Waals surface area contributed by atoms with Crippen LogP contribution in [0.15, 0.2) is 52.0 Å². The van der Waals surface area contributed by atoms with Crippen LogP contribution >= 0.6 is 0 Å². The summed E-state index contributed by atoms with van der Waals surface area (Å²) >= 11 is 0. The maximum absolute atomic E-state index is 12.5. The molecule has 0 radical (unpaired) electrons. The number of furan rings is 1. The summed E-state index contributed by atoms with van der Waals surface area (Å²) in [5.41, 5.74) is 0.602. The van der Waals surface area contributed by atoms with Gasteiger partial charge in [-0.05, 0) is 36.2 Å². The minimum absolute atomic E-state index is 0.163. The minimum atomic E-state index is -3.62. The molecule has 0 saturated carbocycles. The molecule has 2 aromatic rings. The topological polar surface area (TPSA) is 70.8 Å². The predicted octanol–water partition coefficient (Wildman–Crippen LogP) is 2.54. The highest BCUT2D eigenvalue weighted by molar-refractivity contribution is 7.89. The summed E-state index contributed by atoms with van der Waals surface area (Å²) < 4.78 is 31.4. The van der Waals surface area contributed by atoms with Crippen LogP contribution in [0.4, 0.5) is 0 Å². The highest BCUT2D eigenvalue weighted by Crippen LogP contribution is 2.22. The molecular weight excluding hydrogens is 290 g/mol. The lowest BCUT2D eigenvalue weighted by Crippen LogP contribution is -2.26. The molecule has 1 heterocycles. The van der Waals surface area contributed by atoms with Gasteiger partial charge in [-0.1, -0.05) is 19.1 Å². The average molecular weight is 309 g/mol. The van der Waals surface area contributed by atoms with E-state index in [0.29, 0.717) is 17.7 Å². The van der Waals surface area contributed by atoms with Crippen molar-refractivity contribution in [3.63, 3.8) is 0 Å². The number of aliphatic hydroxyl groups excluding tert-OH is 1. The number of nitrogens with zero attached hydrogens (tertiary/aromatic N) is 1. The summed E-state index contributed by atoms with van der Waals surface area (Å²) in [6.07, 6.45) is 1.38. The molecule has 0 aliphatic rings. The monoisotopic (exact) mass is 309 g/mol. The zero-order valence-corrected chi connectivity index (χ0v) is 12.9. The first-order valence-corrected chi connectivity index (χ1v) is 8.16. The van der Waals surface area contributed by atoms with Gasteiger partial charge < -0.3 is 9.52 Å². The third-order valence-corrected chi connectivity index (χ3v) is 5.10. The number of sulfonamides is 1. The van der Waals surface area contributed by atoms with Gasteiger partial charge in [0.05, 0.1) is 23.8 Å². The van der Waals surface area contributed by atoms with Crippen LogP contribution in [0.3, 0.4) is 0 Å². The summed E-state index contributed by atoms with van der Waals surface area (Å²) in [6.45, 7) is 2.00. The van der Waals surface area contributed by atoms with Gasteiger partial charge in [0.25, 0.3) is 0 Å². The van der Waals surface area contributed by atoms with E-state index in [9.17, 15) is 13.5 Å². The van der Waals surface area contributed by atoms with E-state index in [4.69, 9.17) is 4.42 Å². The number of rotatable bonds is 6. The number of aliphatic hydroxyl groups is 1. The quantitative estimate of drug-likeness (QED) is 0.890. The first kappa shape index (κ1) is 15.8. The molecule has 1 aromatic carbocycles. The van der Waals surface area contributed by atoms with Gasteiger partial charge >= 0.3 is 0 Å². The Kier molecular flexibility index (Phi) is 4.82. The molecule has 114 valence electrons. The fraction of sp³-hybridized carbons (Fsp3) is 0.333. The Morgan fingerprint density at radius 2 is 2.05 bits per heavy atom. The van der Waals surface area contributed by atoms with E-state index in [1.807, 2.05) is 6.92 Å². The predicted molar refractivity (Wildman–Crippen MR) is 79.1 cm³/mol. The molecule has 0 saturated heterocycles.